The predicted molar refractivity (Wildman–Crippen MR) is 125 cm³/mol. The molecule has 3 aromatic rings. The molecule has 0 fully saturated rings. The molecule has 1 amide bonds. The standard InChI is InChI=1S/C21H24BrN3OS.ClH/c1-4-15-6-11-18-19(14-15)27-21(23-18)25(13-5-12-24(2)3)20(26)16-7-9-17(22)10-8-16;/h6-11,14H,4-5,12-13H2,1-3H3;1H. The number of hydrogen-bond acceptors (Lipinski definition) is 4. The zero-order chi connectivity index (χ0) is 19.4. The number of aromatic nitrogens is 1. The Hall–Kier alpha value is -1.47. The number of halogens is 2. The zero-order valence-electron chi connectivity index (χ0n) is 16.3. The van der Waals surface area contributed by atoms with Crippen molar-refractivity contribution >= 4 is 60.9 Å². The normalized spacial score (nSPS) is 10.9. The van der Waals surface area contributed by atoms with Crippen LogP contribution < -0.4 is 4.90 Å². The Morgan fingerprint density at radius 1 is 1.11 bits per heavy atom. The molecule has 1 aromatic heterocycles. The van der Waals surface area contributed by atoms with E-state index in [1.807, 2.05) is 43.3 Å². The molecule has 1 heterocycles. The van der Waals surface area contributed by atoms with E-state index in [0.717, 1.165) is 39.2 Å². The van der Waals surface area contributed by atoms with E-state index < -0.39 is 0 Å². The zero-order valence-corrected chi connectivity index (χ0v) is 19.5. The molecule has 0 atom stereocenters. The van der Waals surface area contributed by atoms with E-state index in [1.165, 1.54) is 5.56 Å². The van der Waals surface area contributed by atoms with Crippen molar-refractivity contribution < 1.29 is 4.79 Å². The molecule has 0 N–H and O–H groups in total. The van der Waals surface area contributed by atoms with Gasteiger partial charge in [0.2, 0.25) is 0 Å². The van der Waals surface area contributed by atoms with Crippen molar-refractivity contribution in [2.45, 2.75) is 19.8 Å². The molecule has 0 aliphatic carbocycles. The monoisotopic (exact) mass is 481 g/mol. The summed E-state index contributed by atoms with van der Waals surface area (Å²) in [6.07, 6.45) is 1.89. The average molecular weight is 483 g/mol. The van der Waals surface area contributed by atoms with E-state index in [4.69, 9.17) is 4.98 Å². The van der Waals surface area contributed by atoms with Gasteiger partial charge in [-0.05, 0) is 75.4 Å². The van der Waals surface area contributed by atoms with Gasteiger partial charge in [0.05, 0.1) is 10.2 Å². The van der Waals surface area contributed by atoms with Gasteiger partial charge in [-0.1, -0.05) is 40.3 Å². The number of nitrogens with zero attached hydrogens (tertiary/aromatic N) is 3. The Balaban J connectivity index is 0.00000280. The highest BCUT2D eigenvalue weighted by atomic mass is 79.9. The van der Waals surface area contributed by atoms with Crippen LogP contribution in [-0.2, 0) is 6.42 Å². The average Bonchev–Trinajstić information content (AvgIpc) is 3.07. The van der Waals surface area contributed by atoms with E-state index in [9.17, 15) is 4.79 Å². The van der Waals surface area contributed by atoms with E-state index in [2.05, 4.69) is 46.0 Å². The van der Waals surface area contributed by atoms with E-state index in [1.54, 1.807) is 11.3 Å². The fourth-order valence-corrected chi connectivity index (χ4v) is 4.19. The lowest BCUT2D eigenvalue weighted by atomic mass is 10.2. The summed E-state index contributed by atoms with van der Waals surface area (Å²) in [5.74, 6) is -0.00368. The number of benzene rings is 2. The molecule has 150 valence electrons. The molecule has 7 heteroatoms. The molecule has 0 saturated carbocycles. The third-order valence-corrected chi connectivity index (χ3v) is 5.97. The van der Waals surface area contributed by atoms with E-state index in [-0.39, 0.29) is 18.3 Å². The second-order valence-corrected chi connectivity index (χ2v) is 8.70. The lowest BCUT2D eigenvalue weighted by Gasteiger charge is -2.21. The summed E-state index contributed by atoms with van der Waals surface area (Å²) >= 11 is 5.02. The predicted octanol–water partition coefficient (Wildman–Crippen LogP) is 5.64. The second kappa shape index (κ2) is 10.3. The molecule has 2 aromatic carbocycles. The van der Waals surface area contributed by atoms with Gasteiger partial charge < -0.3 is 4.90 Å². The van der Waals surface area contributed by atoms with Crippen LogP contribution in [0.3, 0.4) is 0 Å². The Kier molecular flexibility index (Phi) is 8.43. The Labute approximate surface area is 185 Å². The first kappa shape index (κ1) is 22.8. The van der Waals surface area contributed by atoms with Crippen LogP contribution in [0.1, 0.15) is 29.3 Å². The lowest BCUT2D eigenvalue weighted by molar-refractivity contribution is 0.0986. The fraction of sp³-hybridized carbons (Fsp3) is 0.333. The van der Waals surface area contributed by atoms with Crippen LogP contribution >= 0.6 is 39.7 Å². The SMILES string of the molecule is CCc1ccc2nc(N(CCCN(C)C)C(=O)c3ccc(Br)cc3)sc2c1.Cl. The molecule has 0 spiro atoms. The van der Waals surface area contributed by atoms with Crippen molar-refractivity contribution in [1.82, 2.24) is 9.88 Å². The smallest absolute Gasteiger partial charge is 0.260 e. The van der Waals surface area contributed by atoms with Gasteiger partial charge in [0.1, 0.15) is 0 Å². The summed E-state index contributed by atoms with van der Waals surface area (Å²) < 4.78 is 2.09. The van der Waals surface area contributed by atoms with Gasteiger partial charge in [-0.25, -0.2) is 4.98 Å². The van der Waals surface area contributed by atoms with Gasteiger partial charge in [0.25, 0.3) is 5.91 Å². The van der Waals surface area contributed by atoms with E-state index in [0.29, 0.717) is 12.1 Å². The highest BCUT2D eigenvalue weighted by Crippen LogP contribution is 2.31. The van der Waals surface area contributed by atoms with Crippen LogP contribution in [0.15, 0.2) is 46.9 Å². The van der Waals surface area contributed by atoms with Crippen LogP contribution in [-0.4, -0.2) is 43.0 Å². The van der Waals surface area contributed by atoms with Gasteiger partial charge in [0, 0.05) is 16.6 Å². The maximum atomic E-state index is 13.2. The van der Waals surface area contributed by atoms with Gasteiger partial charge in [-0.2, -0.15) is 0 Å². The van der Waals surface area contributed by atoms with Gasteiger partial charge in [-0.3, -0.25) is 9.69 Å². The number of amides is 1. The van der Waals surface area contributed by atoms with Crippen molar-refractivity contribution in [3.8, 4) is 0 Å². The third kappa shape index (κ3) is 5.54. The van der Waals surface area contributed by atoms with Crippen LogP contribution in [0.4, 0.5) is 5.13 Å². The highest BCUT2D eigenvalue weighted by Gasteiger charge is 2.21. The van der Waals surface area contributed by atoms with Gasteiger partial charge in [-0.15, -0.1) is 12.4 Å². The maximum Gasteiger partial charge on any atom is 0.260 e. The molecule has 0 saturated heterocycles. The molecule has 0 aliphatic rings. The largest absolute Gasteiger partial charge is 0.309 e. The molecule has 0 aliphatic heterocycles. The minimum atomic E-state index is -0.00368. The number of rotatable bonds is 7. The summed E-state index contributed by atoms with van der Waals surface area (Å²) in [7, 11) is 4.09. The molecule has 3 rings (SSSR count). The number of hydrogen-bond donors (Lipinski definition) is 0. The van der Waals surface area contributed by atoms with Gasteiger partial charge >= 0.3 is 0 Å². The van der Waals surface area contributed by atoms with Crippen molar-refractivity contribution in [2.24, 2.45) is 0 Å². The molecule has 0 radical (unpaired) electrons. The number of fused-ring (bicyclic) bond motifs is 1. The minimum Gasteiger partial charge on any atom is -0.309 e. The molecule has 0 unspecified atom stereocenters. The topological polar surface area (TPSA) is 36.4 Å². The first-order chi connectivity index (χ1) is 13.0. The summed E-state index contributed by atoms with van der Waals surface area (Å²) in [5.41, 5.74) is 2.92. The lowest BCUT2D eigenvalue weighted by Crippen LogP contribution is -2.33. The minimum absolute atomic E-state index is 0. The summed E-state index contributed by atoms with van der Waals surface area (Å²) in [4.78, 5) is 21.9. The quantitative estimate of drug-likeness (QED) is 0.437. The number of carbonyl (C=O) groups excluding carboxylic acids is 1. The van der Waals surface area contributed by atoms with Crippen molar-refractivity contribution in [3.05, 3.63) is 58.1 Å². The Morgan fingerprint density at radius 2 is 1.82 bits per heavy atom. The first-order valence-corrected chi connectivity index (χ1v) is 10.7. The molecule has 28 heavy (non-hydrogen) atoms. The number of aryl methyl sites for hydroxylation is 1. The van der Waals surface area contributed by atoms with Gasteiger partial charge in [0.15, 0.2) is 5.13 Å². The van der Waals surface area contributed by atoms with E-state index >= 15 is 0 Å². The van der Waals surface area contributed by atoms with Crippen LogP contribution in [0.5, 0.6) is 0 Å². The van der Waals surface area contributed by atoms with Crippen molar-refractivity contribution in [2.75, 3.05) is 32.1 Å². The maximum absolute atomic E-state index is 13.2. The molecule has 4 nitrogen and oxygen atoms in total. The number of thiazole rings is 1. The molecular formula is C21H25BrClN3OS. The Bertz CT molecular complexity index is 927. The van der Waals surface area contributed by atoms with Crippen molar-refractivity contribution in [3.63, 3.8) is 0 Å². The number of carbonyl (C=O) groups is 1. The second-order valence-electron chi connectivity index (χ2n) is 6.77. The summed E-state index contributed by atoms with van der Waals surface area (Å²) in [6.45, 7) is 3.72. The number of anilines is 1. The third-order valence-electron chi connectivity index (χ3n) is 4.40. The fourth-order valence-electron chi connectivity index (χ4n) is 2.87. The summed E-state index contributed by atoms with van der Waals surface area (Å²) in [6, 6.07) is 13.9. The Morgan fingerprint density at radius 3 is 2.46 bits per heavy atom. The molecule has 0 bridgehead atoms. The van der Waals surface area contributed by atoms with Crippen LogP contribution in [0.25, 0.3) is 10.2 Å². The van der Waals surface area contributed by atoms with Crippen LogP contribution in [0, 0.1) is 0 Å². The van der Waals surface area contributed by atoms with Crippen molar-refractivity contribution in [1.29, 1.82) is 0 Å². The highest BCUT2D eigenvalue weighted by molar-refractivity contribution is 9.10. The summed E-state index contributed by atoms with van der Waals surface area (Å²) in [5, 5.41) is 0.768. The first-order valence-electron chi connectivity index (χ1n) is 9.09. The molecular weight excluding hydrogens is 458 g/mol. The van der Waals surface area contributed by atoms with Crippen LogP contribution in [0.2, 0.25) is 0 Å².